The van der Waals surface area contributed by atoms with E-state index < -0.39 is 26.7 Å². The van der Waals surface area contributed by atoms with Crippen molar-refractivity contribution in [1.82, 2.24) is 25.9 Å². The van der Waals surface area contributed by atoms with E-state index in [0.29, 0.717) is 17.4 Å². The fourth-order valence-corrected chi connectivity index (χ4v) is 6.17. The molecule has 2 aliphatic rings. The van der Waals surface area contributed by atoms with E-state index in [2.05, 4.69) is 25.9 Å². The van der Waals surface area contributed by atoms with E-state index in [0.717, 1.165) is 57.7 Å². The van der Waals surface area contributed by atoms with Gasteiger partial charge in [-0.25, -0.2) is 18.7 Å². The maximum absolute atomic E-state index is 13.6. The number of nitrogens with two attached hydrogens (primary N) is 1. The standard InChI is InChI=1S/C19H25F3N6O2S/c20-19(21,22)15-6-5-14(16(17(15)31(23,29)30)18-25-27-28-26-18)13-3-1-11(2-4-13)12-7-9-24-10-8-12/h5-6,11-13,24H,1-4,7-10H2,(H2,23,29,30)(H,25,26,27,28). The Morgan fingerprint density at radius 1 is 1.00 bits per heavy atom. The highest BCUT2D eigenvalue weighted by Crippen LogP contribution is 2.46. The van der Waals surface area contributed by atoms with Gasteiger partial charge in [0.15, 0.2) is 5.82 Å². The molecule has 0 unspecified atom stereocenters. The Bertz CT molecular complexity index is 1010. The Balaban J connectivity index is 1.73. The minimum Gasteiger partial charge on any atom is -0.317 e. The maximum atomic E-state index is 13.6. The van der Waals surface area contributed by atoms with Crippen molar-refractivity contribution >= 4 is 10.0 Å². The van der Waals surface area contributed by atoms with Crippen molar-refractivity contribution < 1.29 is 21.6 Å². The molecule has 12 heteroatoms. The molecule has 4 N–H and O–H groups in total. The van der Waals surface area contributed by atoms with Gasteiger partial charge in [0.25, 0.3) is 0 Å². The number of aromatic nitrogens is 4. The summed E-state index contributed by atoms with van der Waals surface area (Å²) in [7, 11) is -4.70. The lowest BCUT2D eigenvalue weighted by atomic mass is 9.71. The van der Waals surface area contributed by atoms with Gasteiger partial charge < -0.3 is 5.32 Å². The van der Waals surface area contributed by atoms with E-state index in [-0.39, 0.29) is 17.3 Å². The van der Waals surface area contributed by atoms with Gasteiger partial charge in [-0.3, -0.25) is 0 Å². The summed E-state index contributed by atoms with van der Waals surface area (Å²) >= 11 is 0. The van der Waals surface area contributed by atoms with Crippen LogP contribution in [0.1, 0.15) is 55.6 Å². The number of hydrogen-bond acceptors (Lipinski definition) is 6. The topological polar surface area (TPSA) is 127 Å². The van der Waals surface area contributed by atoms with Crippen LogP contribution < -0.4 is 10.5 Å². The lowest BCUT2D eigenvalue weighted by Gasteiger charge is -2.36. The van der Waals surface area contributed by atoms with Crippen LogP contribution in [-0.2, 0) is 16.2 Å². The molecule has 1 aromatic heterocycles. The van der Waals surface area contributed by atoms with E-state index in [1.54, 1.807) is 0 Å². The number of primary sulfonamides is 1. The molecule has 2 fully saturated rings. The number of hydrogen-bond donors (Lipinski definition) is 3. The molecule has 170 valence electrons. The number of tetrazole rings is 1. The number of halogens is 3. The fourth-order valence-electron chi connectivity index (χ4n) is 5.18. The summed E-state index contributed by atoms with van der Waals surface area (Å²) in [6.45, 7) is 2.04. The highest BCUT2D eigenvalue weighted by atomic mass is 32.2. The Kier molecular flexibility index (Phi) is 6.05. The largest absolute Gasteiger partial charge is 0.417 e. The molecule has 0 bridgehead atoms. The Morgan fingerprint density at radius 2 is 1.65 bits per heavy atom. The van der Waals surface area contributed by atoms with Crippen LogP contribution in [0.2, 0.25) is 0 Å². The number of nitrogens with zero attached hydrogens (tertiary/aromatic N) is 3. The van der Waals surface area contributed by atoms with Crippen LogP contribution in [0.3, 0.4) is 0 Å². The Labute approximate surface area is 178 Å². The number of nitrogens with one attached hydrogen (secondary N) is 2. The van der Waals surface area contributed by atoms with Crippen molar-refractivity contribution in [1.29, 1.82) is 0 Å². The van der Waals surface area contributed by atoms with Gasteiger partial charge in [-0.15, -0.1) is 5.10 Å². The van der Waals surface area contributed by atoms with Crippen molar-refractivity contribution in [3.63, 3.8) is 0 Å². The third kappa shape index (κ3) is 4.60. The van der Waals surface area contributed by atoms with E-state index >= 15 is 0 Å². The molecule has 0 amide bonds. The predicted octanol–water partition coefficient (Wildman–Crippen LogP) is 2.81. The normalized spacial score (nSPS) is 23.7. The maximum Gasteiger partial charge on any atom is 0.417 e. The number of piperidine rings is 1. The molecule has 2 heterocycles. The first-order chi connectivity index (χ1) is 14.7. The summed E-state index contributed by atoms with van der Waals surface area (Å²) < 4.78 is 65.5. The zero-order chi connectivity index (χ0) is 22.2. The van der Waals surface area contributed by atoms with Gasteiger partial charge in [0.05, 0.1) is 5.56 Å². The molecular formula is C19H25F3N6O2S. The molecule has 8 nitrogen and oxygen atoms in total. The minimum atomic E-state index is -4.89. The molecule has 1 saturated carbocycles. The highest BCUT2D eigenvalue weighted by Gasteiger charge is 2.41. The lowest BCUT2D eigenvalue weighted by molar-refractivity contribution is -0.139. The first-order valence-corrected chi connectivity index (χ1v) is 11.9. The second kappa shape index (κ2) is 8.47. The summed E-state index contributed by atoms with van der Waals surface area (Å²) in [4.78, 5) is -0.975. The number of benzene rings is 1. The minimum absolute atomic E-state index is 0.0964. The number of sulfonamides is 1. The van der Waals surface area contributed by atoms with Crippen molar-refractivity contribution in [2.45, 2.75) is 55.5 Å². The van der Waals surface area contributed by atoms with Crippen molar-refractivity contribution in [2.75, 3.05) is 13.1 Å². The molecule has 1 aromatic carbocycles. The predicted molar refractivity (Wildman–Crippen MR) is 106 cm³/mol. The fraction of sp³-hybridized carbons (Fsp3) is 0.632. The average molecular weight is 459 g/mol. The zero-order valence-electron chi connectivity index (χ0n) is 16.8. The first-order valence-electron chi connectivity index (χ1n) is 10.4. The summed E-state index contributed by atoms with van der Waals surface area (Å²) in [6, 6.07) is 2.16. The van der Waals surface area contributed by atoms with Crippen LogP contribution in [-0.4, -0.2) is 42.1 Å². The summed E-state index contributed by atoms with van der Waals surface area (Å²) in [5, 5.41) is 21.6. The first kappa shape index (κ1) is 22.2. The highest BCUT2D eigenvalue weighted by molar-refractivity contribution is 7.89. The van der Waals surface area contributed by atoms with Gasteiger partial charge in [0, 0.05) is 5.56 Å². The number of H-pyrrole nitrogens is 1. The number of aromatic amines is 1. The van der Waals surface area contributed by atoms with Gasteiger partial charge in [0.2, 0.25) is 10.0 Å². The van der Waals surface area contributed by atoms with Crippen molar-refractivity contribution in [3.8, 4) is 11.4 Å². The van der Waals surface area contributed by atoms with Crippen LogP contribution in [0.25, 0.3) is 11.4 Å². The Morgan fingerprint density at radius 3 is 2.19 bits per heavy atom. The number of alkyl halides is 3. The molecule has 0 radical (unpaired) electrons. The quantitative estimate of drug-likeness (QED) is 0.647. The van der Waals surface area contributed by atoms with Crippen LogP contribution in [0.4, 0.5) is 13.2 Å². The summed E-state index contributed by atoms with van der Waals surface area (Å²) in [6.07, 6.45) is 0.816. The molecule has 31 heavy (non-hydrogen) atoms. The lowest BCUT2D eigenvalue weighted by Crippen LogP contribution is -2.33. The van der Waals surface area contributed by atoms with Crippen LogP contribution >= 0.6 is 0 Å². The summed E-state index contributed by atoms with van der Waals surface area (Å²) in [5.41, 5.74) is -1.000. The molecule has 2 aromatic rings. The van der Waals surface area contributed by atoms with Gasteiger partial charge >= 0.3 is 6.18 Å². The van der Waals surface area contributed by atoms with Crippen LogP contribution in [0.5, 0.6) is 0 Å². The third-order valence-corrected chi connectivity index (χ3v) is 7.62. The molecule has 4 rings (SSSR count). The van der Waals surface area contributed by atoms with E-state index in [1.807, 2.05) is 0 Å². The number of rotatable bonds is 4. The van der Waals surface area contributed by atoms with Gasteiger partial charge in [-0.05, 0) is 91.4 Å². The average Bonchev–Trinajstić information content (AvgIpc) is 3.27. The third-order valence-electron chi connectivity index (χ3n) is 6.62. The van der Waals surface area contributed by atoms with E-state index in [4.69, 9.17) is 5.14 Å². The summed E-state index contributed by atoms with van der Waals surface area (Å²) in [5.74, 6) is 1.01. The molecular weight excluding hydrogens is 433 g/mol. The van der Waals surface area contributed by atoms with Crippen LogP contribution in [0, 0.1) is 11.8 Å². The Hall–Kier alpha value is -2.05. The van der Waals surface area contributed by atoms with Gasteiger partial charge in [0.1, 0.15) is 4.90 Å². The second-order valence-corrected chi connectivity index (χ2v) is 9.90. The smallest absolute Gasteiger partial charge is 0.317 e. The molecule has 1 aliphatic carbocycles. The van der Waals surface area contributed by atoms with Crippen molar-refractivity contribution in [2.24, 2.45) is 17.0 Å². The van der Waals surface area contributed by atoms with Gasteiger partial charge in [-0.2, -0.15) is 13.2 Å². The van der Waals surface area contributed by atoms with E-state index in [1.165, 1.54) is 6.07 Å². The molecule has 0 spiro atoms. The molecule has 1 saturated heterocycles. The molecule has 1 aliphatic heterocycles. The zero-order valence-corrected chi connectivity index (χ0v) is 17.6. The van der Waals surface area contributed by atoms with Crippen LogP contribution in [0.15, 0.2) is 17.0 Å². The van der Waals surface area contributed by atoms with Crippen molar-refractivity contribution in [3.05, 3.63) is 23.3 Å². The van der Waals surface area contributed by atoms with Gasteiger partial charge in [-0.1, -0.05) is 6.07 Å². The van der Waals surface area contributed by atoms with E-state index in [9.17, 15) is 21.6 Å². The molecule has 0 atom stereocenters. The second-order valence-electron chi connectivity index (χ2n) is 8.40. The monoisotopic (exact) mass is 458 g/mol. The SMILES string of the molecule is NS(=O)(=O)c1c(C(F)(F)F)ccc(C2CCC(C3CCNCC3)CC2)c1-c1nnn[nH]1.